The number of phenolic OH excluding ortho intramolecular Hbond substituents is 1. The number of aliphatic carboxylic acids is 1. The van der Waals surface area contributed by atoms with Crippen LogP contribution in [0.15, 0.2) is 24.3 Å². The van der Waals surface area contributed by atoms with Crippen LogP contribution >= 0.6 is 0 Å². The Hall–Kier alpha value is -3.14. The smallest absolute Gasteiger partial charge is 0.325 e. The van der Waals surface area contributed by atoms with Crippen LogP contribution in [0.2, 0.25) is 0 Å². The highest BCUT2D eigenvalue weighted by atomic mass is 16.5. The molecular formula is C20H29N3O7. The minimum absolute atomic E-state index is 0.0373. The van der Waals surface area contributed by atoms with E-state index in [0.717, 1.165) is 0 Å². The first-order valence-electron chi connectivity index (χ1n) is 9.57. The molecule has 0 bridgehead atoms. The zero-order valence-electron chi connectivity index (χ0n) is 17.2. The molecule has 0 fully saturated rings. The molecule has 3 atom stereocenters. The summed E-state index contributed by atoms with van der Waals surface area (Å²) in [6.07, 6.45) is 0.128. The molecule has 166 valence electrons. The van der Waals surface area contributed by atoms with Gasteiger partial charge in [-0.25, -0.2) is 5.48 Å². The molecule has 10 nitrogen and oxygen atoms in total. The van der Waals surface area contributed by atoms with Crippen LogP contribution in [0.25, 0.3) is 0 Å². The molecule has 0 spiro atoms. The number of nitrogens with one attached hydrogen (secondary N) is 3. The summed E-state index contributed by atoms with van der Waals surface area (Å²) >= 11 is 0. The third-order valence-corrected chi connectivity index (χ3v) is 4.42. The number of carboxylic acid groups (broad SMARTS) is 1. The summed E-state index contributed by atoms with van der Waals surface area (Å²) in [6.45, 7) is 5.03. The minimum Gasteiger partial charge on any atom is -0.508 e. The number of amides is 3. The van der Waals surface area contributed by atoms with Gasteiger partial charge in [0.05, 0.1) is 0 Å². The highest BCUT2D eigenvalue weighted by Crippen LogP contribution is 2.17. The molecule has 0 aliphatic rings. The van der Waals surface area contributed by atoms with Gasteiger partial charge in [0.15, 0.2) is 0 Å². The third-order valence-electron chi connectivity index (χ3n) is 4.42. The van der Waals surface area contributed by atoms with Crippen molar-refractivity contribution in [2.24, 2.45) is 11.8 Å². The van der Waals surface area contributed by atoms with Crippen LogP contribution in [0.4, 0.5) is 0 Å². The van der Waals surface area contributed by atoms with E-state index in [1.807, 2.05) is 13.8 Å². The second-order valence-electron chi connectivity index (χ2n) is 7.57. The van der Waals surface area contributed by atoms with Crippen LogP contribution in [0.3, 0.4) is 0 Å². The van der Waals surface area contributed by atoms with Gasteiger partial charge in [0.25, 0.3) is 0 Å². The number of hydrogen-bond acceptors (Lipinski definition) is 6. The molecule has 10 heteroatoms. The highest BCUT2D eigenvalue weighted by Gasteiger charge is 2.29. The number of hydroxylamine groups is 1. The van der Waals surface area contributed by atoms with E-state index >= 15 is 0 Å². The standard InChI is InChI=1S/C20H29N3O7/c1-11(2)8-14(10-17(25)23-30)18(26)22-16(19(27)21-12(3)20(28)29)9-13-4-6-15(24)7-5-13/h4-7,11-12,14,16,24,30H,8-10H2,1-3H3,(H,21,27)(H,22,26)(H,23,25)(H,28,29)/t12-,14?,16-/m0/s1. The average Bonchev–Trinajstić information content (AvgIpc) is 2.67. The number of carboxylic acids is 1. The number of hydrogen-bond donors (Lipinski definition) is 6. The summed E-state index contributed by atoms with van der Waals surface area (Å²) in [7, 11) is 0. The molecule has 1 unspecified atom stereocenters. The lowest BCUT2D eigenvalue weighted by atomic mass is 9.92. The van der Waals surface area contributed by atoms with Crippen LogP contribution in [0.1, 0.15) is 39.2 Å². The molecule has 0 saturated carbocycles. The highest BCUT2D eigenvalue weighted by molar-refractivity contribution is 5.92. The van der Waals surface area contributed by atoms with Crippen molar-refractivity contribution in [3.63, 3.8) is 0 Å². The number of carbonyl (C=O) groups is 4. The van der Waals surface area contributed by atoms with Crippen molar-refractivity contribution in [1.29, 1.82) is 0 Å². The van der Waals surface area contributed by atoms with Crippen molar-refractivity contribution < 1.29 is 34.6 Å². The van der Waals surface area contributed by atoms with Gasteiger partial charge < -0.3 is 20.8 Å². The molecule has 3 amide bonds. The fourth-order valence-corrected chi connectivity index (χ4v) is 2.86. The lowest BCUT2D eigenvalue weighted by Gasteiger charge is -2.24. The van der Waals surface area contributed by atoms with E-state index in [1.165, 1.54) is 24.5 Å². The van der Waals surface area contributed by atoms with Crippen LogP contribution < -0.4 is 16.1 Å². The number of benzene rings is 1. The third kappa shape index (κ3) is 8.48. The van der Waals surface area contributed by atoms with Gasteiger partial charge in [-0.05, 0) is 37.0 Å². The molecule has 6 N–H and O–H groups in total. The summed E-state index contributed by atoms with van der Waals surface area (Å²) in [5, 5.41) is 32.1. The normalized spacial score (nSPS) is 13.8. The van der Waals surface area contributed by atoms with Crippen LogP contribution in [-0.4, -0.2) is 51.2 Å². The van der Waals surface area contributed by atoms with Crippen LogP contribution in [-0.2, 0) is 25.6 Å². The molecule has 0 saturated heterocycles. The summed E-state index contributed by atoms with van der Waals surface area (Å²) in [5.41, 5.74) is 2.13. The molecular weight excluding hydrogens is 394 g/mol. The Morgan fingerprint density at radius 2 is 1.57 bits per heavy atom. The number of rotatable bonds is 11. The fraction of sp³-hybridized carbons (Fsp3) is 0.500. The average molecular weight is 423 g/mol. The van der Waals surface area contributed by atoms with Crippen molar-refractivity contribution in [2.45, 2.75) is 52.1 Å². The van der Waals surface area contributed by atoms with Crippen molar-refractivity contribution in [2.75, 3.05) is 0 Å². The van der Waals surface area contributed by atoms with E-state index < -0.39 is 41.7 Å². The Bertz CT molecular complexity index is 749. The Labute approximate surface area is 174 Å². The monoisotopic (exact) mass is 423 g/mol. The first-order chi connectivity index (χ1) is 14.0. The van der Waals surface area contributed by atoms with Gasteiger partial charge in [-0.3, -0.25) is 24.4 Å². The largest absolute Gasteiger partial charge is 0.508 e. The van der Waals surface area contributed by atoms with Gasteiger partial charge in [0, 0.05) is 18.8 Å². The Morgan fingerprint density at radius 1 is 0.967 bits per heavy atom. The summed E-state index contributed by atoms with van der Waals surface area (Å²) in [5.74, 6) is -3.89. The SMILES string of the molecule is CC(C)CC(CC(=O)NO)C(=O)N[C@@H](Cc1ccc(O)cc1)C(=O)N[C@@H](C)C(=O)O. The van der Waals surface area contributed by atoms with Crippen LogP contribution in [0, 0.1) is 11.8 Å². The van der Waals surface area contributed by atoms with Crippen LogP contribution in [0.5, 0.6) is 5.75 Å². The van der Waals surface area contributed by atoms with E-state index in [2.05, 4.69) is 10.6 Å². The predicted molar refractivity (Wildman–Crippen MR) is 106 cm³/mol. The lowest BCUT2D eigenvalue weighted by Crippen LogP contribution is -2.53. The lowest BCUT2D eigenvalue weighted by molar-refractivity contribution is -0.142. The van der Waals surface area contributed by atoms with Gasteiger partial charge in [-0.15, -0.1) is 0 Å². The number of phenols is 1. The molecule has 1 rings (SSSR count). The fourth-order valence-electron chi connectivity index (χ4n) is 2.86. The van der Waals surface area contributed by atoms with Crippen molar-refractivity contribution >= 4 is 23.7 Å². The molecule has 0 aliphatic carbocycles. The Morgan fingerprint density at radius 3 is 2.07 bits per heavy atom. The van der Waals surface area contributed by atoms with Crippen molar-refractivity contribution in [3.8, 4) is 5.75 Å². The molecule has 1 aromatic rings. The van der Waals surface area contributed by atoms with E-state index in [-0.39, 0.29) is 24.5 Å². The molecule has 0 radical (unpaired) electrons. The van der Waals surface area contributed by atoms with E-state index in [9.17, 15) is 24.3 Å². The second kappa shape index (κ2) is 11.8. The van der Waals surface area contributed by atoms with Crippen molar-refractivity contribution in [1.82, 2.24) is 16.1 Å². The van der Waals surface area contributed by atoms with E-state index in [4.69, 9.17) is 10.3 Å². The summed E-state index contributed by atoms with van der Waals surface area (Å²) < 4.78 is 0. The first-order valence-corrected chi connectivity index (χ1v) is 9.57. The van der Waals surface area contributed by atoms with Gasteiger partial charge in [-0.1, -0.05) is 26.0 Å². The summed E-state index contributed by atoms with van der Waals surface area (Å²) in [4.78, 5) is 48.1. The maximum Gasteiger partial charge on any atom is 0.325 e. The second-order valence-corrected chi connectivity index (χ2v) is 7.57. The summed E-state index contributed by atoms with van der Waals surface area (Å²) in [6, 6.07) is 3.75. The van der Waals surface area contributed by atoms with Gasteiger partial charge in [0.2, 0.25) is 17.7 Å². The Kier molecular flexibility index (Phi) is 9.76. The Balaban J connectivity index is 3.03. The topological polar surface area (TPSA) is 165 Å². The maximum atomic E-state index is 12.8. The quantitative estimate of drug-likeness (QED) is 0.224. The minimum atomic E-state index is -1.23. The van der Waals surface area contributed by atoms with Gasteiger partial charge >= 0.3 is 5.97 Å². The molecule has 1 aromatic carbocycles. The number of aromatic hydroxyl groups is 1. The van der Waals surface area contributed by atoms with E-state index in [0.29, 0.717) is 12.0 Å². The molecule has 30 heavy (non-hydrogen) atoms. The molecule has 0 aliphatic heterocycles. The van der Waals surface area contributed by atoms with Crippen molar-refractivity contribution in [3.05, 3.63) is 29.8 Å². The maximum absolute atomic E-state index is 12.8. The van der Waals surface area contributed by atoms with E-state index in [1.54, 1.807) is 12.1 Å². The number of carbonyl (C=O) groups excluding carboxylic acids is 3. The molecule has 0 heterocycles. The zero-order chi connectivity index (χ0) is 22.8. The van der Waals surface area contributed by atoms with Gasteiger partial charge in [0.1, 0.15) is 17.8 Å². The predicted octanol–water partition coefficient (Wildman–Crippen LogP) is 0.567. The molecule has 0 aromatic heterocycles. The zero-order valence-corrected chi connectivity index (χ0v) is 17.2. The first kappa shape index (κ1) is 24.9. The van der Waals surface area contributed by atoms with Gasteiger partial charge in [-0.2, -0.15) is 0 Å².